The Morgan fingerprint density at radius 1 is 1.38 bits per heavy atom. The number of nitrogens with zero attached hydrogens (tertiary/aromatic N) is 1. The third kappa shape index (κ3) is 1.35. The maximum absolute atomic E-state index is 7.18. The second-order valence-electron chi connectivity index (χ2n) is 1.09. The van der Waals surface area contributed by atoms with E-state index >= 15 is 0 Å². The fourth-order valence-corrected chi connectivity index (χ4v) is 0.600. The maximum Gasteiger partial charge on any atom is 0.0856 e. The Bertz CT molecular complexity index is 276. The van der Waals surface area contributed by atoms with Crippen LogP contribution in [0.2, 0.25) is 10.0 Å². The van der Waals surface area contributed by atoms with Gasteiger partial charge in [-0.2, -0.15) is 0 Å². The SMILES string of the molecule is [2H]c1nc([2H])c(Cl)c([2H])c1Cl. The maximum atomic E-state index is 7.18. The Morgan fingerprint density at radius 3 is 2.38 bits per heavy atom. The minimum absolute atomic E-state index is 0.119. The van der Waals surface area contributed by atoms with Gasteiger partial charge in [-0.15, -0.1) is 0 Å². The predicted molar refractivity (Wildman–Crippen MR) is 34.3 cm³/mol. The minimum atomic E-state index is -0.286. The lowest BCUT2D eigenvalue weighted by atomic mass is 10.5. The third-order valence-corrected chi connectivity index (χ3v) is 0.886. The molecule has 0 bridgehead atoms. The van der Waals surface area contributed by atoms with Crippen LogP contribution in [0.25, 0.3) is 0 Å². The first-order valence-electron chi connectivity index (χ1n) is 3.33. The molecular formula is C5H3Cl2N. The number of pyridine rings is 1. The summed E-state index contributed by atoms with van der Waals surface area (Å²) in [6, 6.07) is -0.210. The highest BCUT2D eigenvalue weighted by Gasteiger charge is 1.86. The fraction of sp³-hybridized carbons (Fsp3) is 0. The van der Waals surface area contributed by atoms with E-state index in [1.807, 2.05) is 0 Å². The van der Waals surface area contributed by atoms with Crippen LogP contribution in [-0.2, 0) is 0 Å². The minimum Gasteiger partial charge on any atom is -0.262 e. The molecule has 0 aliphatic rings. The Morgan fingerprint density at radius 2 is 1.88 bits per heavy atom. The Kier molecular flexibility index (Phi) is 0.887. The van der Waals surface area contributed by atoms with Gasteiger partial charge in [0.15, 0.2) is 0 Å². The highest BCUT2D eigenvalue weighted by Crippen LogP contribution is 2.11. The second-order valence-corrected chi connectivity index (χ2v) is 1.84. The van der Waals surface area contributed by atoms with Crippen molar-refractivity contribution in [1.82, 2.24) is 4.98 Å². The number of halogens is 2. The zero-order valence-electron chi connectivity index (χ0n) is 6.70. The normalized spacial score (nSPS) is 14.5. The van der Waals surface area contributed by atoms with E-state index in [-0.39, 0.29) is 28.4 Å². The Balaban J connectivity index is 3.46. The molecule has 1 nitrogen and oxygen atoms in total. The number of aromatic nitrogens is 1. The molecule has 0 radical (unpaired) electrons. The summed E-state index contributed by atoms with van der Waals surface area (Å²) in [7, 11) is 0. The van der Waals surface area contributed by atoms with E-state index in [9.17, 15) is 0 Å². The zero-order valence-corrected chi connectivity index (χ0v) is 5.22. The van der Waals surface area contributed by atoms with Gasteiger partial charge in [0.2, 0.25) is 0 Å². The largest absolute Gasteiger partial charge is 0.262 e. The van der Waals surface area contributed by atoms with Gasteiger partial charge in [0, 0.05) is 12.3 Å². The van der Waals surface area contributed by atoms with Gasteiger partial charge in [-0.25, -0.2) is 0 Å². The first-order valence-corrected chi connectivity index (χ1v) is 2.58. The molecule has 0 amide bonds. The van der Waals surface area contributed by atoms with Gasteiger partial charge >= 0.3 is 0 Å². The van der Waals surface area contributed by atoms with Crippen molar-refractivity contribution >= 4 is 23.2 Å². The van der Waals surface area contributed by atoms with Gasteiger partial charge in [0.05, 0.1) is 14.2 Å². The third-order valence-electron chi connectivity index (χ3n) is 0.528. The summed E-state index contributed by atoms with van der Waals surface area (Å²) in [6.07, 6.45) is -0.572. The molecule has 0 saturated heterocycles. The average Bonchev–Trinajstić information content (AvgIpc) is 1.97. The van der Waals surface area contributed by atoms with Crippen molar-refractivity contribution < 1.29 is 4.11 Å². The van der Waals surface area contributed by atoms with E-state index in [0.29, 0.717) is 0 Å². The molecule has 0 aliphatic carbocycles. The van der Waals surface area contributed by atoms with Crippen molar-refractivity contribution in [2.24, 2.45) is 0 Å². The van der Waals surface area contributed by atoms with Crippen molar-refractivity contribution in [2.45, 2.75) is 0 Å². The smallest absolute Gasteiger partial charge is 0.0856 e. The lowest BCUT2D eigenvalue weighted by Crippen LogP contribution is -1.68. The standard InChI is InChI=1S/C5H3Cl2N/c6-4-1-5(7)3-8-2-4/h1-3H/i1D,2D,3D. The van der Waals surface area contributed by atoms with Crippen molar-refractivity contribution in [2.75, 3.05) is 0 Å². The molecule has 0 unspecified atom stereocenters. The number of hydrogen-bond donors (Lipinski definition) is 0. The molecule has 42 valence electrons. The second kappa shape index (κ2) is 2.33. The van der Waals surface area contributed by atoms with E-state index in [0.717, 1.165) is 0 Å². The molecule has 0 fully saturated rings. The molecule has 1 aromatic rings. The molecule has 1 aromatic heterocycles. The summed E-state index contributed by atoms with van der Waals surface area (Å²) < 4.78 is 21.3. The van der Waals surface area contributed by atoms with E-state index in [1.54, 1.807) is 0 Å². The lowest BCUT2D eigenvalue weighted by Gasteiger charge is -1.85. The van der Waals surface area contributed by atoms with Crippen molar-refractivity contribution in [1.29, 1.82) is 0 Å². The molecule has 0 aromatic carbocycles. The van der Waals surface area contributed by atoms with Crippen LogP contribution in [0, 0.1) is 0 Å². The van der Waals surface area contributed by atoms with Crippen molar-refractivity contribution in [3.05, 3.63) is 28.4 Å². The molecule has 0 aliphatic heterocycles. The first-order chi connectivity index (χ1) is 5.04. The molecule has 8 heavy (non-hydrogen) atoms. The number of hydrogen-bond acceptors (Lipinski definition) is 1. The van der Waals surface area contributed by atoms with Crippen LogP contribution in [0.15, 0.2) is 18.4 Å². The van der Waals surface area contributed by atoms with Crippen molar-refractivity contribution in [3.63, 3.8) is 0 Å². The van der Waals surface area contributed by atoms with Crippen molar-refractivity contribution in [3.8, 4) is 0 Å². The van der Waals surface area contributed by atoms with E-state index < -0.39 is 0 Å². The summed E-state index contributed by atoms with van der Waals surface area (Å²) in [5.74, 6) is 0. The summed E-state index contributed by atoms with van der Waals surface area (Å²) >= 11 is 10.9. The quantitative estimate of drug-likeness (QED) is 0.554. The van der Waals surface area contributed by atoms with E-state index in [4.69, 9.17) is 27.3 Å². The van der Waals surface area contributed by atoms with E-state index in [2.05, 4.69) is 4.98 Å². The van der Waals surface area contributed by atoms with Crippen LogP contribution in [0.3, 0.4) is 0 Å². The average molecular weight is 151 g/mol. The molecular weight excluding hydrogens is 145 g/mol. The van der Waals surface area contributed by atoms with Gasteiger partial charge in [0.1, 0.15) is 0 Å². The van der Waals surface area contributed by atoms with Crippen LogP contribution in [0.1, 0.15) is 4.11 Å². The molecule has 1 heterocycles. The molecule has 0 spiro atoms. The highest BCUT2D eigenvalue weighted by atomic mass is 35.5. The van der Waals surface area contributed by atoms with Gasteiger partial charge in [0.25, 0.3) is 0 Å². The highest BCUT2D eigenvalue weighted by molar-refractivity contribution is 6.34. The summed E-state index contributed by atoms with van der Waals surface area (Å²) in [5.41, 5.74) is 0. The van der Waals surface area contributed by atoms with Crippen LogP contribution in [0.4, 0.5) is 0 Å². The topological polar surface area (TPSA) is 12.9 Å². The molecule has 0 saturated carbocycles. The van der Waals surface area contributed by atoms with Gasteiger partial charge < -0.3 is 0 Å². The summed E-state index contributed by atoms with van der Waals surface area (Å²) in [4.78, 5) is 3.38. The molecule has 0 N–H and O–H groups in total. The Labute approximate surface area is 61.5 Å². The number of rotatable bonds is 0. The Hall–Kier alpha value is -0.270. The van der Waals surface area contributed by atoms with Gasteiger partial charge in [-0.3, -0.25) is 4.98 Å². The van der Waals surface area contributed by atoms with Crippen LogP contribution < -0.4 is 0 Å². The predicted octanol–water partition coefficient (Wildman–Crippen LogP) is 2.39. The van der Waals surface area contributed by atoms with Gasteiger partial charge in [-0.1, -0.05) is 23.2 Å². The monoisotopic (exact) mass is 150 g/mol. The fourth-order valence-electron chi connectivity index (χ4n) is 0.278. The van der Waals surface area contributed by atoms with Gasteiger partial charge in [-0.05, 0) is 6.04 Å². The zero-order chi connectivity index (χ0) is 8.59. The molecule has 3 heteroatoms. The summed E-state index contributed by atoms with van der Waals surface area (Å²) in [5, 5.41) is -0.239. The first kappa shape index (κ1) is 3.04. The van der Waals surface area contributed by atoms with Crippen LogP contribution >= 0.6 is 23.2 Å². The van der Waals surface area contributed by atoms with Crippen LogP contribution in [0.5, 0.6) is 0 Å². The summed E-state index contributed by atoms with van der Waals surface area (Å²) in [6.45, 7) is 0. The van der Waals surface area contributed by atoms with Crippen LogP contribution in [-0.4, -0.2) is 4.98 Å². The van der Waals surface area contributed by atoms with E-state index in [1.165, 1.54) is 0 Å². The molecule has 0 atom stereocenters. The lowest BCUT2D eigenvalue weighted by molar-refractivity contribution is 1.33. The molecule has 1 rings (SSSR count).